The third-order valence-electron chi connectivity index (χ3n) is 3.90. The number of rotatable bonds is 4. The van der Waals surface area contributed by atoms with Gasteiger partial charge < -0.3 is 5.73 Å². The fourth-order valence-corrected chi connectivity index (χ4v) is 2.18. The van der Waals surface area contributed by atoms with Crippen molar-refractivity contribution in [2.45, 2.75) is 52.2 Å². The van der Waals surface area contributed by atoms with Crippen molar-refractivity contribution in [3.05, 3.63) is 0 Å². The van der Waals surface area contributed by atoms with Gasteiger partial charge in [-0.1, -0.05) is 6.92 Å². The highest BCUT2D eigenvalue weighted by Gasteiger charge is 2.24. The molecular formula is C12H27N3. The molecule has 1 aliphatic heterocycles. The van der Waals surface area contributed by atoms with Gasteiger partial charge in [0.25, 0.3) is 0 Å². The third-order valence-corrected chi connectivity index (χ3v) is 3.90. The number of nitrogens with two attached hydrogens (primary N) is 1. The summed E-state index contributed by atoms with van der Waals surface area (Å²) in [6.45, 7) is 13.7. The van der Waals surface area contributed by atoms with Crippen LogP contribution >= 0.6 is 0 Å². The number of hydrogen-bond donors (Lipinski definition) is 1. The Morgan fingerprint density at radius 1 is 1.00 bits per heavy atom. The van der Waals surface area contributed by atoms with Gasteiger partial charge in [-0.3, -0.25) is 9.80 Å². The molecule has 3 atom stereocenters. The van der Waals surface area contributed by atoms with E-state index in [9.17, 15) is 0 Å². The van der Waals surface area contributed by atoms with Crippen molar-refractivity contribution in [2.75, 3.05) is 26.2 Å². The summed E-state index contributed by atoms with van der Waals surface area (Å²) >= 11 is 0. The molecule has 0 aromatic heterocycles. The van der Waals surface area contributed by atoms with Crippen molar-refractivity contribution >= 4 is 0 Å². The lowest BCUT2D eigenvalue weighted by Gasteiger charge is -2.41. The molecule has 0 aromatic carbocycles. The van der Waals surface area contributed by atoms with E-state index in [-0.39, 0.29) is 6.04 Å². The molecule has 0 saturated carbocycles. The smallest absolute Gasteiger partial charge is 0.0217 e. The van der Waals surface area contributed by atoms with Gasteiger partial charge in [-0.25, -0.2) is 0 Å². The summed E-state index contributed by atoms with van der Waals surface area (Å²) in [5.41, 5.74) is 5.93. The van der Waals surface area contributed by atoms with E-state index in [4.69, 9.17) is 5.73 Å². The molecule has 0 aromatic rings. The van der Waals surface area contributed by atoms with Gasteiger partial charge in [0.1, 0.15) is 0 Å². The van der Waals surface area contributed by atoms with E-state index in [1.807, 2.05) is 0 Å². The van der Waals surface area contributed by atoms with Gasteiger partial charge in [-0.15, -0.1) is 0 Å². The average molecular weight is 213 g/mol. The minimum absolute atomic E-state index is 0.278. The van der Waals surface area contributed by atoms with Gasteiger partial charge in [0.2, 0.25) is 0 Å². The Kier molecular flexibility index (Phi) is 5.03. The largest absolute Gasteiger partial charge is 0.327 e. The summed E-state index contributed by atoms with van der Waals surface area (Å²) in [6.07, 6.45) is 1.25. The maximum Gasteiger partial charge on any atom is 0.0217 e. The highest BCUT2D eigenvalue weighted by molar-refractivity contribution is 4.81. The lowest BCUT2D eigenvalue weighted by Crippen LogP contribution is -2.55. The maximum absolute atomic E-state index is 5.93. The fourth-order valence-electron chi connectivity index (χ4n) is 2.18. The lowest BCUT2D eigenvalue weighted by molar-refractivity contribution is 0.0714. The standard InChI is InChI=1S/C12H27N3/c1-5-10(2)14-6-8-15(9-7-14)12(4)11(3)13/h10-12H,5-9,13H2,1-4H3. The Labute approximate surface area is 94.6 Å². The summed E-state index contributed by atoms with van der Waals surface area (Å²) in [7, 11) is 0. The summed E-state index contributed by atoms with van der Waals surface area (Å²) in [5.74, 6) is 0. The van der Waals surface area contributed by atoms with Gasteiger partial charge in [-0.2, -0.15) is 0 Å². The van der Waals surface area contributed by atoms with E-state index in [1.165, 1.54) is 32.6 Å². The quantitative estimate of drug-likeness (QED) is 0.760. The molecule has 90 valence electrons. The molecule has 1 aliphatic rings. The molecule has 0 aliphatic carbocycles. The van der Waals surface area contributed by atoms with E-state index in [0.717, 1.165) is 6.04 Å². The Morgan fingerprint density at radius 3 is 1.87 bits per heavy atom. The van der Waals surface area contributed by atoms with E-state index in [0.29, 0.717) is 6.04 Å². The molecule has 15 heavy (non-hydrogen) atoms. The Balaban J connectivity index is 2.35. The summed E-state index contributed by atoms with van der Waals surface area (Å²) < 4.78 is 0. The lowest BCUT2D eigenvalue weighted by atomic mass is 10.1. The van der Waals surface area contributed by atoms with Gasteiger partial charge >= 0.3 is 0 Å². The van der Waals surface area contributed by atoms with Crippen LogP contribution in [0.2, 0.25) is 0 Å². The Bertz CT molecular complexity index is 174. The number of hydrogen-bond acceptors (Lipinski definition) is 3. The molecule has 0 bridgehead atoms. The van der Waals surface area contributed by atoms with E-state index in [2.05, 4.69) is 37.5 Å². The van der Waals surface area contributed by atoms with Crippen LogP contribution in [0.5, 0.6) is 0 Å². The predicted molar refractivity (Wildman–Crippen MR) is 66.0 cm³/mol. The minimum Gasteiger partial charge on any atom is -0.327 e. The second-order valence-electron chi connectivity index (χ2n) is 4.93. The molecule has 1 rings (SSSR count). The molecule has 1 fully saturated rings. The SMILES string of the molecule is CCC(C)N1CCN(C(C)C(C)N)CC1. The third kappa shape index (κ3) is 3.44. The summed E-state index contributed by atoms with van der Waals surface area (Å²) in [4.78, 5) is 5.11. The van der Waals surface area contributed by atoms with E-state index in [1.54, 1.807) is 0 Å². The van der Waals surface area contributed by atoms with Crippen LogP contribution in [0.4, 0.5) is 0 Å². The first kappa shape index (κ1) is 12.9. The second kappa shape index (κ2) is 5.83. The molecule has 0 radical (unpaired) electrons. The summed E-state index contributed by atoms with van der Waals surface area (Å²) in [5, 5.41) is 0. The van der Waals surface area contributed by atoms with Crippen molar-refractivity contribution in [1.29, 1.82) is 0 Å². The van der Waals surface area contributed by atoms with Crippen molar-refractivity contribution in [3.8, 4) is 0 Å². The zero-order valence-corrected chi connectivity index (χ0v) is 10.7. The Hall–Kier alpha value is -0.120. The normalized spacial score (nSPS) is 26.2. The molecule has 2 N–H and O–H groups in total. The number of nitrogens with zero attached hydrogens (tertiary/aromatic N) is 2. The maximum atomic E-state index is 5.93. The zero-order valence-electron chi connectivity index (χ0n) is 10.7. The molecular weight excluding hydrogens is 186 g/mol. The van der Waals surface area contributed by atoms with Crippen molar-refractivity contribution in [2.24, 2.45) is 5.73 Å². The zero-order chi connectivity index (χ0) is 11.4. The predicted octanol–water partition coefficient (Wildman–Crippen LogP) is 1.14. The topological polar surface area (TPSA) is 32.5 Å². The van der Waals surface area contributed by atoms with E-state index >= 15 is 0 Å². The molecule has 1 saturated heterocycles. The first-order valence-electron chi connectivity index (χ1n) is 6.30. The van der Waals surface area contributed by atoms with Gasteiger partial charge in [0, 0.05) is 44.3 Å². The minimum atomic E-state index is 0.278. The Morgan fingerprint density at radius 2 is 1.47 bits per heavy atom. The van der Waals surface area contributed by atoms with Crippen LogP contribution < -0.4 is 5.73 Å². The highest BCUT2D eigenvalue weighted by atomic mass is 15.3. The summed E-state index contributed by atoms with van der Waals surface area (Å²) in [6, 6.07) is 1.53. The molecule has 0 amide bonds. The van der Waals surface area contributed by atoms with Crippen LogP contribution in [-0.2, 0) is 0 Å². The molecule has 3 heteroatoms. The van der Waals surface area contributed by atoms with Crippen molar-refractivity contribution in [1.82, 2.24) is 9.80 Å². The molecule has 3 unspecified atom stereocenters. The fraction of sp³-hybridized carbons (Fsp3) is 1.00. The van der Waals surface area contributed by atoms with Crippen LogP contribution in [-0.4, -0.2) is 54.1 Å². The van der Waals surface area contributed by atoms with Crippen LogP contribution in [0.15, 0.2) is 0 Å². The van der Waals surface area contributed by atoms with Crippen molar-refractivity contribution in [3.63, 3.8) is 0 Å². The van der Waals surface area contributed by atoms with Gasteiger partial charge in [0.05, 0.1) is 0 Å². The van der Waals surface area contributed by atoms with Crippen LogP contribution in [0.3, 0.4) is 0 Å². The second-order valence-corrected chi connectivity index (χ2v) is 4.93. The molecule has 1 heterocycles. The van der Waals surface area contributed by atoms with Crippen LogP contribution in [0.1, 0.15) is 34.1 Å². The van der Waals surface area contributed by atoms with Gasteiger partial charge in [-0.05, 0) is 27.2 Å². The molecule has 3 nitrogen and oxygen atoms in total. The number of piperazine rings is 1. The highest BCUT2D eigenvalue weighted by Crippen LogP contribution is 2.11. The molecule has 0 spiro atoms. The first-order valence-corrected chi connectivity index (χ1v) is 6.30. The van der Waals surface area contributed by atoms with Gasteiger partial charge in [0.15, 0.2) is 0 Å². The first-order chi connectivity index (χ1) is 7.06. The monoisotopic (exact) mass is 213 g/mol. The average Bonchev–Trinajstić information content (AvgIpc) is 2.27. The van der Waals surface area contributed by atoms with Crippen LogP contribution in [0.25, 0.3) is 0 Å². The van der Waals surface area contributed by atoms with Crippen molar-refractivity contribution < 1.29 is 0 Å². The van der Waals surface area contributed by atoms with E-state index < -0.39 is 0 Å². The van der Waals surface area contributed by atoms with Crippen LogP contribution in [0, 0.1) is 0 Å².